The van der Waals surface area contributed by atoms with E-state index in [0.29, 0.717) is 12.5 Å². The van der Waals surface area contributed by atoms with Gasteiger partial charge < -0.3 is 15.0 Å². The fourth-order valence-electron chi connectivity index (χ4n) is 2.32. The van der Waals surface area contributed by atoms with Gasteiger partial charge in [-0.3, -0.25) is 4.79 Å². The maximum atomic E-state index is 12.0. The van der Waals surface area contributed by atoms with Crippen LogP contribution in [0.4, 0.5) is 5.95 Å². The molecule has 7 nitrogen and oxygen atoms in total. The lowest BCUT2D eigenvalue weighted by Crippen LogP contribution is -2.49. The van der Waals surface area contributed by atoms with Crippen molar-refractivity contribution in [2.24, 2.45) is 0 Å². The number of nitrogens with one attached hydrogen (secondary N) is 1. The summed E-state index contributed by atoms with van der Waals surface area (Å²) in [5.41, 5.74) is 0. The lowest BCUT2D eigenvalue weighted by molar-refractivity contribution is -0.122. The van der Waals surface area contributed by atoms with Crippen LogP contribution in [0.1, 0.15) is 33.1 Å². The first-order chi connectivity index (χ1) is 10.0. The summed E-state index contributed by atoms with van der Waals surface area (Å²) in [6.07, 6.45) is 2.69. The van der Waals surface area contributed by atoms with Crippen molar-refractivity contribution in [1.29, 1.82) is 0 Å². The molecule has 8 heteroatoms. The first-order valence-corrected chi connectivity index (χ1v) is 7.45. The molecule has 1 aromatic rings. The van der Waals surface area contributed by atoms with Gasteiger partial charge in [0.05, 0.1) is 6.10 Å². The van der Waals surface area contributed by atoms with E-state index in [1.54, 1.807) is 7.05 Å². The van der Waals surface area contributed by atoms with Crippen LogP contribution < -0.4 is 15.0 Å². The van der Waals surface area contributed by atoms with Crippen molar-refractivity contribution in [3.05, 3.63) is 5.28 Å². The Morgan fingerprint density at radius 3 is 2.81 bits per heavy atom. The zero-order chi connectivity index (χ0) is 15.4. The molecule has 116 valence electrons. The van der Waals surface area contributed by atoms with E-state index < -0.39 is 0 Å². The van der Waals surface area contributed by atoms with E-state index in [1.165, 1.54) is 0 Å². The van der Waals surface area contributed by atoms with Crippen LogP contribution >= 0.6 is 11.6 Å². The van der Waals surface area contributed by atoms with Crippen LogP contribution in [0.5, 0.6) is 6.01 Å². The average molecular weight is 314 g/mol. The highest BCUT2D eigenvalue weighted by molar-refractivity contribution is 6.28. The monoisotopic (exact) mass is 313 g/mol. The van der Waals surface area contributed by atoms with Crippen LogP contribution in [0.2, 0.25) is 5.28 Å². The molecule has 1 aliphatic heterocycles. The third-order valence-electron chi connectivity index (χ3n) is 3.23. The molecule has 2 rings (SSSR count). The van der Waals surface area contributed by atoms with Crippen molar-refractivity contribution in [2.45, 2.75) is 45.3 Å². The van der Waals surface area contributed by atoms with Crippen molar-refractivity contribution in [3.8, 4) is 6.01 Å². The molecule has 1 atom stereocenters. The minimum Gasteiger partial charge on any atom is -0.461 e. The Morgan fingerprint density at radius 1 is 1.38 bits per heavy atom. The van der Waals surface area contributed by atoms with Gasteiger partial charge >= 0.3 is 6.01 Å². The highest BCUT2D eigenvalue weighted by Crippen LogP contribution is 2.24. The molecule has 0 aliphatic carbocycles. The van der Waals surface area contributed by atoms with E-state index >= 15 is 0 Å². The molecule has 0 aromatic carbocycles. The summed E-state index contributed by atoms with van der Waals surface area (Å²) in [6, 6.07) is -0.102. The van der Waals surface area contributed by atoms with Gasteiger partial charge in [-0.25, -0.2) is 0 Å². The van der Waals surface area contributed by atoms with Crippen molar-refractivity contribution in [2.75, 3.05) is 18.5 Å². The van der Waals surface area contributed by atoms with Gasteiger partial charge in [-0.15, -0.1) is 0 Å². The third kappa shape index (κ3) is 3.93. The summed E-state index contributed by atoms with van der Waals surface area (Å²) in [7, 11) is 1.63. The van der Waals surface area contributed by atoms with Crippen molar-refractivity contribution >= 4 is 23.5 Å². The predicted molar refractivity (Wildman–Crippen MR) is 79.7 cm³/mol. The van der Waals surface area contributed by atoms with Crippen LogP contribution in [0.3, 0.4) is 0 Å². The molecule has 1 N–H and O–H groups in total. The molecule has 21 heavy (non-hydrogen) atoms. The lowest BCUT2D eigenvalue weighted by atomic mass is 10.0. The Labute approximate surface area is 129 Å². The number of piperidine rings is 1. The number of hydrogen-bond acceptors (Lipinski definition) is 6. The van der Waals surface area contributed by atoms with E-state index in [-0.39, 0.29) is 29.3 Å². The van der Waals surface area contributed by atoms with Crippen molar-refractivity contribution in [1.82, 2.24) is 20.3 Å². The number of ether oxygens (including phenoxy) is 1. The number of likely N-dealkylation sites (N-methyl/N-ethyl adjacent to an activating group) is 1. The number of rotatable bonds is 4. The van der Waals surface area contributed by atoms with E-state index in [9.17, 15) is 4.79 Å². The summed E-state index contributed by atoms with van der Waals surface area (Å²) < 4.78 is 5.47. The Morgan fingerprint density at radius 2 is 2.14 bits per heavy atom. The SMILES string of the molecule is CNC(=O)C1CCCCN1c1nc(Cl)nc(OC(C)C)n1. The molecule has 1 fully saturated rings. The first-order valence-electron chi connectivity index (χ1n) is 7.07. The zero-order valence-electron chi connectivity index (χ0n) is 12.5. The van der Waals surface area contributed by atoms with Crippen molar-refractivity contribution in [3.63, 3.8) is 0 Å². The minimum absolute atomic E-state index is 0.0439. The molecular weight excluding hydrogens is 294 g/mol. The highest BCUT2D eigenvalue weighted by Gasteiger charge is 2.30. The molecule has 1 aromatic heterocycles. The number of anilines is 1. The van der Waals surface area contributed by atoms with E-state index in [1.807, 2.05) is 18.7 Å². The smallest absolute Gasteiger partial charge is 0.322 e. The van der Waals surface area contributed by atoms with Gasteiger partial charge in [0, 0.05) is 13.6 Å². The van der Waals surface area contributed by atoms with Gasteiger partial charge in [0.15, 0.2) is 0 Å². The molecule has 1 aliphatic rings. The van der Waals surface area contributed by atoms with Gasteiger partial charge in [0.1, 0.15) is 6.04 Å². The topological polar surface area (TPSA) is 80.2 Å². The summed E-state index contributed by atoms with van der Waals surface area (Å²) >= 11 is 5.94. The van der Waals surface area contributed by atoms with Gasteiger partial charge in [-0.2, -0.15) is 15.0 Å². The maximum Gasteiger partial charge on any atom is 0.322 e. The first kappa shape index (κ1) is 15.8. The molecular formula is C13H20ClN5O2. The Hall–Kier alpha value is -1.63. The number of carbonyl (C=O) groups is 1. The fraction of sp³-hybridized carbons (Fsp3) is 0.692. The summed E-state index contributed by atoms with van der Waals surface area (Å²) in [5.74, 6) is 0.344. The maximum absolute atomic E-state index is 12.0. The van der Waals surface area contributed by atoms with Crippen LogP contribution in [0.15, 0.2) is 0 Å². The summed E-state index contributed by atoms with van der Waals surface area (Å²) in [5, 5.41) is 2.75. The third-order valence-corrected chi connectivity index (χ3v) is 3.39. The van der Waals surface area contributed by atoms with Gasteiger partial charge in [-0.05, 0) is 44.7 Å². The minimum atomic E-state index is -0.283. The number of carbonyl (C=O) groups excluding carboxylic acids is 1. The number of aromatic nitrogens is 3. The average Bonchev–Trinajstić information content (AvgIpc) is 2.45. The number of halogens is 1. The van der Waals surface area contributed by atoms with E-state index in [0.717, 1.165) is 19.3 Å². The van der Waals surface area contributed by atoms with Crippen LogP contribution in [0, 0.1) is 0 Å². The van der Waals surface area contributed by atoms with Crippen molar-refractivity contribution < 1.29 is 9.53 Å². The number of amides is 1. The quantitative estimate of drug-likeness (QED) is 0.905. The second-order valence-electron chi connectivity index (χ2n) is 5.17. The summed E-state index contributed by atoms with van der Waals surface area (Å²) in [4.78, 5) is 26.2. The number of nitrogens with zero attached hydrogens (tertiary/aromatic N) is 4. The van der Waals surface area contributed by atoms with Gasteiger partial charge in [0.25, 0.3) is 0 Å². The lowest BCUT2D eigenvalue weighted by Gasteiger charge is -2.34. The van der Waals surface area contributed by atoms with Crippen LogP contribution in [-0.2, 0) is 4.79 Å². The molecule has 0 bridgehead atoms. The van der Waals surface area contributed by atoms with Crippen LogP contribution in [0.25, 0.3) is 0 Å². The largest absolute Gasteiger partial charge is 0.461 e. The second-order valence-corrected chi connectivity index (χ2v) is 5.51. The Balaban J connectivity index is 2.29. The van der Waals surface area contributed by atoms with Gasteiger partial charge in [-0.1, -0.05) is 0 Å². The number of hydrogen-bond donors (Lipinski definition) is 1. The Bertz CT molecular complexity index is 511. The van der Waals surface area contributed by atoms with E-state index in [4.69, 9.17) is 16.3 Å². The molecule has 0 spiro atoms. The molecule has 1 saturated heterocycles. The Kier molecular flexibility index (Phi) is 5.17. The highest BCUT2D eigenvalue weighted by atomic mass is 35.5. The van der Waals surface area contributed by atoms with Gasteiger partial charge in [0.2, 0.25) is 17.1 Å². The molecule has 0 saturated carbocycles. The van der Waals surface area contributed by atoms with Crippen LogP contribution in [-0.4, -0.2) is 46.6 Å². The molecule has 1 amide bonds. The zero-order valence-corrected chi connectivity index (χ0v) is 13.2. The fourth-order valence-corrected chi connectivity index (χ4v) is 2.47. The summed E-state index contributed by atoms with van der Waals surface area (Å²) in [6.45, 7) is 4.47. The predicted octanol–water partition coefficient (Wildman–Crippen LogP) is 1.42. The molecule has 2 heterocycles. The van der Waals surface area contributed by atoms with E-state index in [2.05, 4.69) is 20.3 Å². The molecule has 0 radical (unpaired) electrons. The molecule has 1 unspecified atom stereocenters. The second kappa shape index (κ2) is 6.89. The normalized spacial score (nSPS) is 18.7. The standard InChI is InChI=1S/C13H20ClN5O2/c1-8(2)21-13-17-11(14)16-12(18-13)19-7-5-4-6-9(19)10(20)15-3/h8-9H,4-7H2,1-3H3,(H,15,20).